The first-order valence-corrected chi connectivity index (χ1v) is 8.75. The first-order chi connectivity index (χ1) is 13.0. The third kappa shape index (κ3) is 4.17. The average Bonchev–Trinajstić information content (AvgIpc) is 3.28. The minimum Gasteiger partial charge on any atom is -0.493 e. The minimum atomic E-state index is -0.565. The number of benzene rings is 1. The first kappa shape index (κ1) is 18.6. The maximum absolute atomic E-state index is 11.9. The number of carbonyl (C=O) groups excluding carboxylic acids is 1. The van der Waals surface area contributed by atoms with Gasteiger partial charge in [-0.15, -0.1) is 0 Å². The summed E-state index contributed by atoms with van der Waals surface area (Å²) in [5, 5.41) is 5.56. The van der Waals surface area contributed by atoms with Crippen molar-refractivity contribution in [2.75, 3.05) is 14.2 Å². The SMILES string of the molecule is COc1ccc(-c2noc(COC(=O)Cn3c(C)csc3=O)n2)cc1OC. The molecule has 0 saturated carbocycles. The number of hydrogen-bond acceptors (Lipinski definition) is 9. The second-order valence-corrected chi connectivity index (χ2v) is 6.29. The summed E-state index contributed by atoms with van der Waals surface area (Å²) in [6, 6.07) is 5.20. The summed E-state index contributed by atoms with van der Waals surface area (Å²) < 4.78 is 22.0. The van der Waals surface area contributed by atoms with Crippen LogP contribution in [0.5, 0.6) is 11.5 Å². The van der Waals surface area contributed by atoms with Crippen molar-refractivity contribution in [2.24, 2.45) is 0 Å². The Morgan fingerprint density at radius 2 is 2.04 bits per heavy atom. The number of aryl methyl sites for hydroxylation is 1. The lowest BCUT2D eigenvalue weighted by Crippen LogP contribution is -2.22. The Morgan fingerprint density at radius 1 is 1.26 bits per heavy atom. The van der Waals surface area contributed by atoms with E-state index >= 15 is 0 Å². The predicted molar refractivity (Wildman–Crippen MR) is 96.0 cm³/mol. The molecule has 9 nitrogen and oxygen atoms in total. The molecule has 0 atom stereocenters. The lowest BCUT2D eigenvalue weighted by molar-refractivity contribution is -0.146. The van der Waals surface area contributed by atoms with Crippen molar-refractivity contribution < 1.29 is 23.5 Å². The fourth-order valence-corrected chi connectivity index (χ4v) is 3.05. The Morgan fingerprint density at radius 3 is 2.70 bits per heavy atom. The molecule has 0 amide bonds. The summed E-state index contributed by atoms with van der Waals surface area (Å²) in [4.78, 5) is 27.5. The molecule has 0 radical (unpaired) electrons. The van der Waals surface area contributed by atoms with Crippen molar-refractivity contribution in [1.82, 2.24) is 14.7 Å². The topological polar surface area (TPSA) is 106 Å². The maximum Gasteiger partial charge on any atom is 0.326 e. The van der Waals surface area contributed by atoms with Gasteiger partial charge >= 0.3 is 10.8 Å². The van der Waals surface area contributed by atoms with E-state index in [-0.39, 0.29) is 23.9 Å². The molecule has 0 aliphatic rings. The molecule has 142 valence electrons. The molecular formula is C17H17N3O6S. The number of aromatic nitrogens is 3. The van der Waals surface area contributed by atoms with Crippen LogP contribution in [0.25, 0.3) is 11.4 Å². The third-order valence-electron chi connectivity index (χ3n) is 3.73. The van der Waals surface area contributed by atoms with Crippen LogP contribution in [0.2, 0.25) is 0 Å². The van der Waals surface area contributed by atoms with Crippen LogP contribution >= 0.6 is 11.3 Å². The quantitative estimate of drug-likeness (QED) is 0.563. The van der Waals surface area contributed by atoms with Gasteiger partial charge in [-0.05, 0) is 25.1 Å². The number of ether oxygens (including phenoxy) is 3. The van der Waals surface area contributed by atoms with Crippen molar-refractivity contribution in [3.8, 4) is 22.9 Å². The molecule has 3 aromatic rings. The molecule has 0 unspecified atom stereocenters. The van der Waals surface area contributed by atoms with Crippen molar-refractivity contribution in [1.29, 1.82) is 0 Å². The lowest BCUT2D eigenvalue weighted by atomic mass is 10.2. The molecular weight excluding hydrogens is 374 g/mol. The van der Waals surface area contributed by atoms with Crippen LogP contribution in [-0.4, -0.2) is 34.9 Å². The van der Waals surface area contributed by atoms with Crippen molar-refractivity contribution >= 4 is 17.3 Å². The highest BCUT2D eigenvalue weighted by atomic mass is 32.1. The van der Waals surface area contributed by atoms with E-state index in [1.54, 1.807) is 37.6 Å². The number of thiazole rings is 1. The highest BCUT2D eigenvalue weighted by Crippen LogP contribution is 2.31. The zero-order chi connectivity index (χ0) is 19.4. The molecule has 1 aromatic carbocycles. The number of rotatable bonds is 7. The van der Waals surface area contributed by atoms with Crippen LogP contribution in [0, 0.1) is 6.92 Å². The van der Waals surface area contributed by atoms with E-state index in [1.807, 2.05) is 0 Å². The fraction of sp³-hybridized carbons (Fsp3) is 0.294. The summed E-state index contributed by atoms with van der Waals surface area (Å²) in [6.45, 7) is 1.40. The molecule has 10 heteroatoms. The van der Waals surface area contributed by atoms with Gasteiger partial charge in [-0.3, -0.25) is 14.2 Å². The molecule has 0 spiro atoms. The molecule has 0 aliphatic heterocycles. The van der Waals surface area contributed by atoms with Crippen LogP contribution in [-0.2, 0) is 22.7 Å². The Balaban J connectivity index is 1.64. The third-order valence-corrected chi connectivity index (χ3v) is 4.61. The average molecular weight is 391 g/mol. The fourth-order valence-electron chi connectivity index (χ4n) is 2.32. The minimum absolute atomic E-state index is 0.141. The summed E-state index contributed by atoms with van der Waals surface area (Å²) in [7, 11) is 3.08. The zero-order valence-electron chi connectivity index (χ0n) is 14.9. The Hall–Kier alpha value is -3.14. The normalized spacial score (nSPS) is 10.6. The molecule has 0 saturated heterocycles. The van der Waals surface area contributed by atoms with E-state index in [9.17, 15) is 9.59 Å². The van der Waals surface area contributed by atoms with Gasteiger partial charge in [0, 0.05) is 16.6 Å². The van der Waals surface area contributed by atoms with Crippen molar-refractivity contribution in [3.05, 3.63) is 44.8 Å². The molecule has 0 fully saturated rings. The van der Waals surface area contributed by atoms with Gasteiger partial charge in [0.2, 0.25) is 5.82 Å². The predicted octanol–water partition coefficient (Wildman–Crippen LogP) is 2.03. The van der Waals surface area contributed by atoms with E-state index in [4.69, 9.17) is 18.7 Å². The van der Waals surface area contributed by atoms with Crippen molar-refractivity contribution in [3.63, 3.8) is 0 Å². The van der Waals surface area contributed by atoms with E-state index in [2.05, 4.69) is 10.1 Å². The monoisotopic (exact) mass is 391 g/mol. The summed E-state index contributed by atoms with van der Waals surface area (Å²) in [6.07, 6.45) is 0. The summed E-state index contributed by atoms with van der Waals surface area (Å²) in [5.74, 6) is 1.01. The van der Waals surface area contributed by atoms with E-state index in [0.29, 0.717) is 28.6 Å². The van der Waals surface area contributed by atoms with E-state index in [0.717, 1.165) is 11.3 Å². The largest absolute Gasteiger partial charge is 0.493 e. The van der Waals surface area contributed by atoms with Gasteiger partial charge in [0.1, 0.15) is 6.54 Å². The molecule has 0 N–H and O–H groups in total. The lowest BCUT2D eigenvalue weighted by Gasteiger charge is -2.07. The smallest absolute Gasteiger partial charge is 0.326 e. The zero-order valence-corrected chi connectivity index (χ0v) is 15.7. The standard InChI is InChI=1S/C17H17N3O6S/c1-10-9-27-17(22)20(10)7-15(21)25-8-14-18-16(19-26-14)11-4-5-12(23-2)13(6-11)24-3/h4-6,9H,7-8H2,1-3H3. The van der Waals surface area contributed by atoms with Crippen LogP contribution in [0.1, 0.15) is 11.6 Å². The number of carbonyl (C=O) groups is 1. The van der Waals surface area contributed by atoms with Gasteiger partial charge < -0.3 is 18.7 Å². The van der Waals surface area contributed by atoms with Crippen LogP contribution in [0.4, 0.5) is 0 Å². The van der Waals surface area contributed by atoms with Gasteiger partial charge in [0.15, 0.2) is 18.1 Å². The Bertz CT molecular complexity index is 1010. The van der Waals surface area contributed by atoms with Crippen LogP contribution in [0.3, 0.4) is 0 Å². The Kier molecular flexibility index (Phi) is 5.55. The number of methoxy groups -OCH3 is 2. The summed E-state index contributed by atoms with van der Waals surface area (Å²) >= 11 is 1.03. The maximum atomic E-state index is 11.9. The van der Waals surface area contributed by atoms with Gasteiger partial charge in [0.05, 0.1) is 14.2 Å². The second-order valence-electron chi connectivity index (χ2n) is 5.47. The van der Waals surface area contributed by atoms with Crippen LogP contribution in [0.15, 0.2) is 32.9 Å². The highest BCUT2D eigenvalue weighted by Gasteiger charge is 2.15. The highest BCUT2D eigenvalue weighted by molar-refractivity contribution is 7.07. The van der Waals surface area contributed by atoms with Gasteiger partial charge in [-0.1, -0.05) is 16.5 Å². The second kappa shape index (κ2) is 8.04. The summed E-state index contributed by atoms with van der Waals surface area (Å²) in [5.41, 5.74) is 1.37. The molecule has 2 aromatic heterocycles. The molecule has 2 heterocycles. The van der Waals surface area contributed by atoms with Crippen molar-refractivity contribution in [2.45, 2.75) is 20.1 Å². The number of esters is 1. The van der Waals surface area contributed by atoms with Gasteiger partial charge in [0.25, 0.3) is 5.89 Å². The molecule has 0 aliphatic carbocycles. The molecule has 3 rings (SSSR count). The Labute approximate surface area is 158 Å². The number of nitrogens with zero attached hydrogens (tertiary/aromatic N) is 3. The first-order valence-electron chi connectivity index (χ1n) is 7.87. The van der Waals surface area contributed by atoms with E-state index < -0.39 is 5.97 Å². The number of hydrogen-bond donors (Lipinski definition) is 0. The van der Waals surface area contributed by atoms with Gasteiger partial charge in [-0.25, -0.2) is 0 Å². The van der Waals surface area contributed by atoms with E-state index in [1.165, 1.54) is 11.7 Å². The molecule has 0 bridgehead atoms. The van der Waals surface area contributed by atoms with Gasteiger partial charge in [-0.2, -0.15) is 4.98 Å². The van der Waals surface area contributed by atoms with Crippen LogP contribution < -0.4 is 14.3 Å². The molecule has 27 heavy (non-hydrogen) atoms.